The van der Waals surface area contributed by atoms with E-state index in [1.165, 1.54) is 11.1 Å². The Morgan fingerprint density at radius 3 is 2.38 bits per heavy atom. The fraction of sp³-hybridized carbons (Fsp3) is 0.308. The molecule has 0 unspecified atom stereocenters. The number of halogens is 2. The van der Waals surface area contributed by atoms with Crippen molar-refractivity contribution in [2.45, 2.75) is 25.9 Å². The van der Waals surface area contributed by atoms with Crippen LogP contribution in [0.2, 0.25) is 0 Å². The van der Waals surface area contributed by atoms with E-state index < -0.39 is 28.0 Å². The number of anilines is 1. The zero-order valence-electron chi connectivity index (χ0n) is 18.6. The summed E-state index contributed by atoms with van der Waals surface area (Å²) in [4.78, 5) is 15.0. The third-order valence-electron chi connectivity index (χ3n) is 6.55. The number of nitro benzene ring substituents is 1. The number of fused-ring (bicyclic) bond motifs is 1. The standard InChI is InChI=1S/C26H25F2N3O3/c27-22-13-23(31(32)33)25(24(28)26(22)34-21-10-2-1-3-11-21)30-12-6-7-18(15-30)14-29-16-19-8-4-5-9-20(19)17-29/h1-5,8-11,13,18H,6-7,12,14-17H2/t18-/m1/s1. The molecule has 1 saturated heterocycles. The van der Waals surface area contributed by atoms with Crippen LogP contribution in [0.15, 0.2) is 60.7 Å². The molecule has 0 N–H and O–H groups in total. The molecule has 2 aliphatic rings. The maximum absolute atomic E-state index is 15.6. The lowest BCUT2D eigenvalue weighted by Gasteiger charge is -2.36. The smallest absolute Gasteiger partial charge is 0.298 e. The van der Waals surface area contributed by atoms with Crippen LogP contribution in [0.5, 0.6) is 11.5 Å². The van der Waals surface area contributed by atoms with E-state index in [-0.39, 0.29) is 17.4 Å². The first-order valence-electron chi connectivity index (χ1n) is 11.4. The summed E-state index contributed by atoms with van der Waals surface area (Å²) in [6.45, 7) is 3.47. The summed E-state index contributed by atoms with van der Waals surface area (Å²) in [7, 11) is 0. The normalized spacial score (nSPS) is 18.1. The van der Waals surface area contributed by atoms with Crippen molar-refractivity contribution < 1.29 is 18.4 Å². The lowest BCUT2D eigenvalue weighted by atomic mass is 9.96. The van der Waals surface area contributed by atoms with Gasteiger partial charge in [-0.2, -0.15) is 0 Å². The number of para-hydroxylation sites is 1. The van der Waals surface area contributed by atoms with Crippen molar-refractivity contribution in [3.05, 3.63) is 93.5 Å². The predicted molar refractivity (Wildman–Crippen MR) is 125 cm³/mol. The molecule has 0 saturated carbocycles. The number of hydrogen-bond donors (Lipinski definition) is 0. The molecule has 3 aromatic carbocycles. The number of benzene rings is 3. The zero-order chi connectivity index (χ0) is 23.7. The second-order valence-electron chi connectivity index (χ2n) is 8.93. The summed E-state index contributed by atoms with van der Waals surface area (Å²) in [5.74, 6) is -2.29. The third-order valence-corrected chi connectivity index (χ3v) is 6.55. The second-order valence-corrected chi connectivity index (χ2v) is 8.93. The molecular weight excluding hydrogens is 440 g/mol. The van der Waals surface area contributed by atoms with Gasteiger partial charge in [-0.05, 0) is 42.0 Å². The van der Waals surface area contributed by atoms with Crippen LogP contribution >= 0.6 is 0 Å². The Labute approximate surface area is 196 Å². The summed E-state index contributed by atoms with van der Waals surface area (Å²) >= 11 is 0. The van der Waals surface area contributed by atoms with Gasteiger partial charge in [-0.3, -0.25) is 15.0 Å². The monoisotopic (exact) mass is 465 g/mol. The minimum absolute atomic E-state index is 0.202. The Morgan fingerprint density at radius 2 is 1.71 bits per heavy atom. The van der Waals surface area contributed by atoms with E-state index in [2.05, 4.69) is 17.0 Å². The summed E-state index contributed by atoms with van der Waals surface area (Å²) in [5.41, 5.74) is 1.85. The average Bonchev–Trinajstić information content (AvgIpc) is 3.24. The maximum Gasteiger partial charge on any atom is 0.298 e. The van der Waals surface area contributed by atoms with Gasteiger partial charge in [-0.1, -0.05) is 42.5 Å². The van der Waals surface area contributed by atoms with Crippen LogP contribution in [0, 0.1) is 27.7 Å². The Bertz CT molecular complexity index is 1180. The highest BCUT2D eigenvalue weighted by molar-refractivity contribution is 5.68. The van der Waals surface area contributed by atoms with Gasteiger partial charge >= 0.3 is 0 Å². The molecule has 2 heterocycles. The van der Waals surface area contributed by atoms with E-state index in [0.29, 0.717) is 13.1 Å². The number of piperidine rings is 1. The molecule has 1 fully saturated rings. The van der Waals surface area contributed by atoms with Gasteiger partial charge in [0.2, 0.25) is 5.75 Å². The van der Waals surface area contributed by atoms with Gasteiger partial charge in [0.25, 0.3) is 5.69 Å². The number of nitrogens with zero attached hydrogens (tertiary/aromatic N) is 3. The highest BCUT2D eigenvalue weighted by Crippen LogP contribution is 2.42. The van der Waals surface area contributed by atoms with Gasteiger partial charge in [0.1, 0.15) is 5.75 Å². The first-order chi connectivity index (χ1) is 16.5. The summed E-state index contributed by atoms with van der Waals surface area (Å²) in [6, 6.07) is 17.4. The Kier molecular flexibility index (Phi) is 6.15. The highest BCUT2D eigenvalue weighted by Gasteiger charge is 2.34. The van der Waals surface area contributed by atoms with Crippen molar-refractivity contribution in [2.24, 2.45) is 5.92 Å². The van der Waals surface area contributed by atoms with Crippen LogP contribution in [0.25, 0.3) is 0 Å². The molecule has 0 aromatic heterocycles. The molecule has 0 spiro atoms. The molecular formula is C26H25F2N3O3. The summed E-state index contributed by atoms with van der Waals surface area (Å²) < 4.78 is 35.8. The molecule has 0 radical (unpaired) electrons. The lowest BCUT2D eigenvalue weighted by molar-refractivity contribution is -0.384. The molecule has 3 aromatic rings. The Balaban J connectivity index is 1.39. The second kappa shape index (κ2) is 9.38. The van der Waals surface area contributed by atoms with Gasteiger partial charge in [0.05, 0.1) is 11.0 Å². The number of rotatable bonds is 6. The summed E-state index contributed by atoms with van der Waals surface area (Å²) in [5, 5.41) is 11.7. The minimum atomic E-state index is -1.10. The van der Waals surface area contributed by atoms with Crippen LogP contribution in [0.1, 0.15) is 24.0 Å². The Hall–Kier alpha value is -3.52. The van der Waals surface area contributed by atoms with Crippen LogP contribution in [-0.4, -0.2) is 29.5 Å². The summed E-state index contributed by atoms with van der Waals surface area (Å²) in [6.07, 6.45) is 1.72. The average molecular weight is 466 g/mol. The molecule has 0 bridgehead atoms. The van der Waals surface area contributed by atoms with Gasteiger partial charge in [-0.15, -0.1) is 0 Å². The van der Waals surface area contributed by atoms with Crippen molar-refractivity contribution in [3.63, 3.8) is 0 Å². The maximum atomic E-state index is 15.6. The van der Waals surface area contributed by atoms with E-state index in [4.69, 9.17) is 4.74 Å². The van der Waals surface area contributed by atoms with Crippen molar-refractivity contribution in [1.29, 1.82) is 0 Å². The van der Waals surface area contributed by atoms with Gasteiger partial charge < -0.3 is 9.64 Å². The van der Waals surface area contributed by atoms with Gasteiger partial charge in [0.15, 0.2) is 17.3 Å². The number of ether oxygens (including phenoxy) is 1. The highest BCUT2D eigenvalue weighted by atomic mass is 19.1. The fourth-order valence-corrected chi connectivity index (χ4v) is 5.03. The van der Waals surface area contributed by atoms with Gasteiger partial charge in [0, 0.05) is 32.7 Å². The molecule has 2 aliphatic heterocycles. The first-order valence-corrected chi connectivity index (χ1v) is 11.4. The first kappa shape index (κ1) is 22.3. The third kappa shape index (κ3) is 4.46. The van der Waals surface area contributed by atoms with E-state index in [9.17, 15) is 14.5 Å². The minimum Gasteiger partial charge on any atom is -0.451 e. The molecule has 5 rings (SSSR count). The van der Waals surface area contributed by atoms with Crippen molar-refractivity contribution in [3.8, 4) is 11.5 Å². The lowest BCUT2D eigenvalue weighted by Crippen LogP contribution is -2.40. The largest absolute Gasteiger partial charge is 0.451 e. The van der Waals surface area contributed by atoms with E-state index in [1.807, 2.05) is 12.1 Å². The van der Waals surface area contributed by atoms with Gasteiger partial charge in [-0.25, -0.2) is 8.78 Å². The molecule has 6 nitrogen and oxygen atoms in total. The Morgan fingerprint density at radius 1 is 1.03 bits per heavy atom. The van der Waals surface area contributed by atoms with Crippen LogP contribution < -0.4 is 9.64 Å². The topological polar surface area (TPSA) is 58.9 Å². The SMILES string of the molecule is O=[N+]([O-])c1cc(F)c(Oc2ccccc2)c(F)c1N1CCC[C@H](CN2Cc3ccccc3C2)C1. The molecule has 0 aliphatic carbocycles. The fourth-order valence-electron chi connectivity index (χ4n) is 5.03. The van der Waals surface area contributed by atoms with E-state index in [1.54, 1.807) is 35.2 Å². The molecule has 0 amide bonds. The molecule has 34 heavy (non-hydrogen) atoms. The van der Waals surface area contributed by atoms with Crippen LogP contribution in [0.4, 0.5) is 20.2 Å². The van der Waals surface area contributed by atoms with E-state index >= 15 is 4.39 Å². The van der Waals surface area contributed by atoms with Crippen molar-refractivity contribution in [2.75, 3.05) is 24.5 Å². The van der Waals surface area contributed by atoms with Crippen LogP contribution in [-0.2, 0) is 13.1 Å². The molecule has 1 atom stereocenters. The number of hydrogen-bond acceptors (Lipinski definition) is 5. The van der Waals surface area contributed by atoms with E-state index in [0.717, 1.165) is 38.5 Å². The number of nitro groups is 1. The molecule has 8 heteroatoms. The van der Waals surface area contributed by atoms with Crippen molar-refractivity contribution in [1.82, 2.24) is 4.90 Å². The predicted octanol–water partition coefficient (Wildman–Crippen LogP) is 5.90. The quantitative estimate of drug-likeness (QED) is 0.335. The van der Waals surface area contributed by atoms with Crippen molar-refractivity contribution >= 4 is 11.4 Å². The molecule has 176 valence electrons. The van der Waals surface area contributed by atoms with Crippen LogP contribution in [0.3, 0.4) is 0 Å². The zero-order valence-corrected chi connectivity index (χ0v) is 18.6.